The van der Waals surface area contributed by atoms with Gasteiger partial charge in [0.05, 0.1) is 11.1 Å². The second kappa shape index (κ2) is 13.7. The maximum Gasteiger partial charge on any atom is 0.407 e. The Kier molecular flexibility index (Phi) is 10.1. The number of hydrogen-bond acceptors (Lipinski definition) is 6. The van der Waals surface area contributed by atoms with Crippen molar-refractivity contribution in [1.82, 2.24) is 15.6 Å². The topological polar surface area (TPSA) is 132 Å². The lowest BCUT2D eigenvalue weighted by Crippen LogP contribution is -2.37. The van der Waals surface area contributed by atoms with Crippen molar-refractivity contribution in [2.75, 3.05) is 37.6 Å². The lowest BCUT2D eigenvalue weighted by molar-refractivity contribution is 0.0512. The first kappa shape index (κ1) is 29.5. The number of piperidine rings is 1. The second-order valence-electron chi connectivity index (χ2n) is 12.2. The number of nitrogens with one attached hydrogen (secondary N) is 2. The standard InChI is InChI=1S/C30H43N7O3/c1-30(2,3)40-29(39)33-20-23-10-8-22(9-11-23)19-32-28(38)25-18-27(35-26-7-5-4-6-24(25)26)37-16-13-21(14-17-37)12-15-34-36-31/h4-7,18,21-23H,8-17,19-20H2,1-3H3,(H,32,38)(H,33,39)/t22-,23-. The van der Waals surface area contributed by atoms with Crippen LogP contribution in [0.1, 0.15) is 76.1 Å². The fourth-order valence-electron chi connectivity index (χ4n) is 5.76. The summed E-state index contributed by atoms with van der Waals surface area (Å²) in [7, 11) is 0. The molecular weight excluding hydrogens is 506 g/mol. The molecule has 216 valence electrons. The molecule has 10 heteroatoms. The number of benzene rings is 1. The molecule has 1 aromatic carbocycles. The summed E-state index contributed by atoms with van der Waals surface area (Å²) in [6.07, 6.45) is 6.70. The molecular formula is C30H43N7O3. The Labute approximate surface area is 236 Å². The summed E-state index contributed by atoms with van der Waals surface area (Å²) in [5.41, 5.74) is 9.53. The fraction of sp³-hybridized carbons (Fsp3) is 0.633. The van der Waals surface area contributed by atoms with E-state index in [9.17, 15) is 9.59 Å². The number of carbonyl (C=O) groups excluding carboxylic acids is 2. The molecule has 1 saturated carbocycles. The zero-order chi connectivity index (χ0) is 28.5. The molecule has 2 aliphatic rings. The Balaban J connectivity index is 1.30. The molecule has 4 rings (SSSR count). The third-order valence-corrected chi connectivity index (χ3v) is 8.04. The Morgan fingerprint density at radius 2 is 1.68 bits per heavy atom. The van der Waals surface area contributed by atoms with Crippen LogP contribution in [0.25, 0.3) is 21.3 Å². The maximum absolute atomic E-state index is 13.4. The van der Waals surface area contributed by atoms with E-state index in [0.717, 1.165) is 74.8 Å². The highest BCUT2D eigenvalue weighted by molar-refractivity contribution is 6.07. The average molecular weight is 550 g/mol. The predicted molar refractivity (Wildman–Crippen MR) is 157 cm³/mol. The van der Waals surface area contributed by atoms with Crippen molar-refractivity contribution in [3.63, 3.8) is 0 Å². The quantitative estimate of drug-likeness (QED) is 0.218. The highest BCUT2D eigenvalue weighted by atomic mass is 16.6. The van der Waals surface area contributed by atoms with Crippen molar-refractivity contribution in [3.8, 4) is 0 Å². The van der Waals surface area contributed by atoms with Gasteiger partial charge >= 0.3 is 6.09 Å². The minimum Gasteiger partial charge on any atom is -0.444 e. The van der Waals surface area contributed by atoms with E-state index >= 15 is 0 Å². The van der Waals surface area contributed by atoms with Crippen LogP contribution in [0.5, 0.6) is 0 Å². The van der Waals surface area contributed by atoms with Gasteiger partial charge in [-0.05, 0) is 101 Å². The van der Waals surface area contributed by atoms with Gasteiger partial charge in [0.1, 0.15) is 11.4 Å². The highest BCUT2D eigenvalue weighted by Gasteiger charge is 2.25. The lowest BCUT2D eigenvalue weighted by atomic mass is 9.82. The molecule has 0 radical (unpaired) electrons. The van der Waals surface area contributed by atoms with E-state index in [1.54, 1.807) is 0 Å². The van der Waals surface area contributed by atoms with Gasteiger partial charge < -0.3 is 20.3 Å². The summed E-state index contributed by atoms with van der Waals surface area (Å²) < 4.78 is 5.34. The van der Waals surface area contributed by atoms with E-state index in [0.29, 0.717) is 43.0 Å². The number of hydrogen-bond donors (Lipinski definition) is 2. The van der Waals surface area contributed by atoms with Crippen LogP contribution in [-0.2, 0) is 4.74 Å². The van der Waals surface area contributed by atoms with Gasteiger partial charge in [-0.3, -0.25) is 4.79 Å². The van der Waals surface area contributed by atoms with Crippen molar-refractivity contribution >= 4 is 28.7 Å². The Morgan fingerprint density at radius 1 is 1.02 bits per heavy atom. The number of pyridine rings is 1. The maximum atomic E-state index is 13.4. The molecule has 2 fully saturated rings. The molecule has 0 unspecified atom stereocenters. The highest BCUT2D eigenvalue weighted by Crippen LogP contribution is 2.30. The average Bonchev–Trinajstić information content (AvgIpc) is 2.94. The van der Waals surface area contributed by atoms with Gasteiger partial charge in [-0.25, -0.2) is 9.78 Å². The van der Waals surface area contributed by atoms with E-state index in [1.807, 2.05) is 51.1 Å². The Bertz CT molecular complexity index is 1210. The number of azide groups is 1. The van der Waals surface area contributed by atoms with Crippen LogP contribution in [0.15, 0.2) is 35.4 Å². The number of fused-ring (bicyclic) bond motifs is 1. The van der Waals surface area contributed by atoms with Crippen molar-refractivity contribution in [2.24, 2.45) is 22.9 Å². The molecule has 2 aromatic rings. The normalized spacial score (nSPS) is 20.0. The molecule has 1 aromatic heterocycles. The number of para-hydroxylation sites is 1. The van der Waals surface area contributed by atoms with Gasteiger partial charge in [0, 0.05) is 43.0 Å². The van der Waals surface area contributed by atoms with E-state index < -0.39 is 5.60 Å². The molecule has 1 aliphatic carbocycles. The number of anilines is 1. The number of ether oxygens (including phenoxy) is 1. The monoisotopic (exact) mass is 549 g/mol. The molecule has 0 bridgehead atoms. The van der Waals surface area contributed by atoms with Crippen LogP contribution in [0, 0.1) is 17.8 Å². The smallest absolute Gasteiger partial charge is 0.407 e. The second-order valence-corrected chi connectivity index (χ2v) is 12.2. The van der Waals surface area contributed by atoms with Gasteiger partial charge in [0.15, 0.2) is 0 Å². The minimum atomic E-state index is -0.493. The summed E-state index contributed by atoms with van der Waals surface area (Å²) in [5.74, 6) is 2.20. The van der Waals surface area contributed by atoms with E-state index in [-0.39, 0.29) is 12.0 Å². The van der Waals surface area contributed by atoms with Gasteiger partial charge in [-0.1, -0.05) is 23.3 Å². The van der Waals surface area contributed by atoms with Crippen LogP contribution in [0.4, 0.5) is 10.6 Å². The van der Waals surface area contributed by atoms with Gasteiger partial charge in [-0.2, -0.15) is 0 Å². The molecule has 1 aliphatic heterocycles. The third kappa shape index (κ3) is 8.49. The van der Waals surface area contributed by atoms with Crippen molar-refractivity contribution in [3.05, 3.63) is 46.3 Å². The van der Waals surface area contributed by atoms with Crippen molar-refractivity contribution < 1.29 is 14.3 Å². The number of aromatic nitrogens is 1. The summed E-state index contributed by atoms with van der Waals surface area (Å²) in [5, 5.41) is 10.6. The van der Waals surface area contributed by atoms with Gasteiger partial charge in [0.2, 0.25) is 0 Å². The van der Waals surface area contributed by atoms with Crippen LogP contribution < -0.4 is 15.5 Å². The third-order valence-electron chi connectivity index (χ3n) is 8.04. The Morgan fingerprint density at radius 3 is 2.33 bits per heavy atom. The fourth-order valence-corrected chi connectivity index (χ4v) is 5.76. The molecule has 2 N–H and O–H groups in total. The number of rotatable bonds is 9. The van der Waals surface area contributed by atoms with E-state index in [4.69, 9.17) is 15.3 Å². The Hall–Kier alpha value is -3.52. The molecule has 10 nitrogen and oxygen atoms in total. The summed E-state index contributed by atoms with van der Waals surface area (Å²) in [4.78, 5) is 35.4. The minimum absolute atomic E-state index is 0.0576. The first-order chi connectivity index (χ1) is 19.2. The molecule has 2 amide bonds. The SMILES string of the molecule is CC(C)(C)OC(=O)NC[C@H]1CC[C@H](CNC(=O)c2cc(N3CCC(CCN=[N+]=[N-])CC3)nc3ccccc23)CC1. The first-order valence-corrected chi connectivity index (χ1v) is 14.6. The van der Waals surface area contributed by atoms with Crippen molar-refractivity contribution in [1.29, 1.82) is 0 Å². The largest absolute Gasteiger partial charge is 0.444 e. The number of nitrogens with zero attached hydrogens (tertiary/aromatic N) is 5. The van der Waals surface area contributed by atoms with Gasteiger partial charge in [-0.15, -0.1) is 0 Å². The summed E-state index contributed by atoms with van der Waals surface area (Å²) in [6.45, 7) is 9.16. The zero-order valence-electron chi connectivity index (χ0n) is 24.1. The van der Waals surface area contributed by atoms with Gasteiger partial charge in [0.25, 0.3) is 5.91 Å². The number of amides is 2. The van der Waals surface area contributed by atoms with Crippen LogP contribution in [-0.4, -0.2) is 55.3 Å². The number of carbonyl (C=O) groups is 2. The van der Waals surface area contributed by atoms with Crippen LogP contribution in [0.3, 0.4) is 0 Å². The lowest BCUT2D eigenvalue weighted by Gasteiger charge is -2.33. The zero-order valence-corrected chi connectivity index (χ0v) is 24.1. The molecule has 1 saturated heterocycles. The van der Waals surface area contributed by atoms with Crippen LogP contribution >= 0.6 is 0 Å². The van der Waals surface area contributed by atoms with E-state index in [2.05, 4.69) is 25.6 Å². The molecule has 0 spiro atoms. The summed E-state index contributed by atoms with van der Waals surface area (Å²) >= 11 is 0. The molecule has 2 heterocycles. The van der Waals surface area contributed by atoms with Crippen LogP contribution in [0.2, 0.25) is 0 Å². The first-order valence-electron chi connectivity index (χ1n) is 14.6. The van der Waals surface area contributed by atoms with E-state index in [1.165, 1.54) is 0 Å². The molecule has 40 heavy (non-hydrogen) atoms. The van der Waals surface area contributed by atoms with Crippen molar-refractivity contribution in [2.45, 2.75) is 71.3 Å². The molecule has 0 atom stereocenters. The number of alkyl carbamates (subject to hydrolysis) is 1. The summed E-state index contributed by atoms with van der Waals surface area (Å²) in [6, 6.07) is 9.78. The predicted octanol–water partition coefficient (Wildman–Crippen LogP) is 6.21.